The summed E-state index contributed by atoms with van der Waals surface area (Å²) in [5.41, 5.74) is 2.02. The van der Waals surface area contributed by atoms with E-state index < -0.39 is 28.3 Å². The van der Waals surface area contributed by atoms with Crippen LogP contribution >= 0.6 is 0 Å². The Labute approximate surface area is 186 Å². The predicted octanol–water partition coefficient (Wildman–Crippen LogP) is 4.28. The number of fused-ring (bicyclic) bond motifs is 3. The zero-order valence-corrected chi connectivity index (χ0v) is 18.5. The first-order chi connectivity index (χ1) is 15.3. The van der Waals surface area contributed by atoms with Crippen LogP contribution in [-0.4, -0.2) is 28.0 Å². The summed E-state index contributed by atoms with van der Waals surface area (Å²) >= 11 is 0. The molecule has 0 aliphatic carbocycles. The number of halogens is 1. The fourth-order valence-corrected chi connectivity index (χ4v) is 5.55. The SMILES string of the molecule is CC[C@@H](NC(=O)CN1c2ccc(F)cc2-c2ccccc2S1(=O)=O)c1ccc(OC)cc1. The van der Waals surface area contributed by atoms with Crippen LogP contribution < -0.4 is 14.4 Å². The van der Waals surface area contributed by atoms with E-state index in [1.807, 2.05) is 19.1 Å². The fraction of sp³-hybridized carbons (Fsp3) is 0.208. The van der Waals surface area contributed by atoms with Crippen molar-refractivity contribution in [2.45, 2.75) is 24.3 Å². The number of nitrogens with zero attached hydrogens (tertiary/aromatic N) is 1. The lowest BCUT2D eigenvalue weighted by atomic mass is 10.0. The topological polar surface area (TPSA) is 75.7 Å². The highest BCUT2D eigenvalue weighted by molar-refractivity contribution is 7.93. The molecule has 3 aromatic carbocycles. The highest BCUT2D eigenvalue weighted by Gasteiger charge is 2.36. The Balaban J connectivity index is 1.64. The van der Waals surface area contributed by atoms with Gasteiger partial charge in [0.05, 0.1) is 23.7 Å². The third-order valence-corrected chi connectivity index (χ3v) is 7.34. The Hall–Kier alpha value is -3.39. The summed E-state index contributed by atoms with van der Waals surface area (Å²) in [5.74, 6) is -0.226. The van der Waals surface area contributed by atoms with Crippen LogP contribution in [0.25, 0.3) is 11.1 Å². The summed E-state index contributed by atoms with van der Waals surface area (Å²) in [5, 5.41) is 2.91. The number of methoxy groups -OCH3 is 1. The molecular formula is C24H23FN2O4S. The molecule has 0 spiro atoms. The summed E-state index contributed by atoms with van der Waals surface area (Å²) in [7, 11) is -2.41. The smallest absolute Gasteiger partial charge is 0.265 e. The van der Waals surface area contributed by atoms with E-state index in [2.05, 4.69) is 5.32 Å². The van der Waals surface area contributed by atoms with E-state index in [9.17, 15) is 17.6 Å². The lowest BCUT2D eigenvalue weighted by molar-refractivity contribution is -0.120. The van der Waals surface area contributed by atoms with Gasteiger partial charge in [0.25, 0.3) is 10.0 Å². The van der Waals surface area contributed by atoms with Crippen LogP contribution in [-0.2, 0) is 14.8 Å². The molecule has 6 nitrogen and oxygen atoms in total. The number of nitrogens with one attached hydrogen (secondary N) is 1. The Morgan fingerprint density at radius 2 is 1.78 bits per heavy atom. The van der Waals surface area contributed by atoms with Crippen molar-refractivity contribution in [1.29, 1.82) is 0 Å². The van der Waals surface area contributed by atoms with Crippen LogP contribution in [0, 0.1) is 5.82 Å². The van der Waals surface area contributed by atoms with Gasteiger partial charge in [-0.15, -0.1) is 0 Å². The Morgan fingerprint density at radius 1 is 1.06 bits per heavy atom. The minimum Gasteiger partial charge on any atom is -0.497 e. The predicted molar refractivity (Wildman–Crippen MR) is 121 cm³/mol. The monoisotopic (exact) mass is 454 g/mol. The molecule has 4 rings (SSSR count). The van der Waals surface area contributed by atoms with Crippen molar-refractivity contribution in [3.05, 3.63) is 78.1 Å². The second-order valence-corrected chi connectivity index (χ2v) is 9.30. The molecule has 166 valence electrons. The Kier molecular flexibility index (Phi) is 5.88. The molecule has 3 aromatic rings. The molecule has 32 heavy (non-hydrogen) atoms. The third-order valence-electron chi connectivity index (χ3n) is 5.52. The van der Waals surface area contributed by atoms with E-state index >= 15 is 0 Å². The number of hydrogen-bond donors (Lipinski definition) is 1. The lowest BCUT2D eigenvalue weighted by Crippen LogP contribution is -2.43. The molecule has 1 atom stereocenters. The second kappa shape index (κ2) is 8.63. The van der Waals surface area contributed by atoms with Crippen molar-refractivity contribution in [2.24, 2.45) is 0 Å². The van der Waals surface area contributed by atoms with Gasteiger partial charge in [-0.3, -0.25) is 9.10 Å². The van der Waals surface area contributed by atoms with Crippen molar-refractivity contribution >= 4 is 21.6 Å². The third kappa shape index (κ3) is 3.93. The molecule has 0 saturated heterocycles. The van der Waals surface area contributed by atoms with Crippen molar-refractivity contribution in [2.75, 3.05) is 18.0 Å². The standard InChI is InChI=1S/C24H23FN2O4S/c1-3-21(16-8-11-18(31-2)12-9-16)26-24(28)15-27-22-13-10-17(25)14-20(22)19-6-4-5-7-23(19)32(27,29)30/h4-14,21H,3,15H2,1-2H3,(H,26,28)/t21-/m1/s1. The van der Waals surface area contributed by atoms with Gasteiger partial charge in [0.15, 0.2) is 0 Å². The van der Waals surface area contributed by atoms with Gasteiger partial charge in [-0.25, -0.2) is 12.8 Å². The van der Waals surface area contributed by atoms with Gasteiger partial charge in [0.1, 0.15) is 18.1 Å². The number of rotatable bonds is 6. The summed E-state index contributed by atoms with van der Waals surface area (Å²) in [6.07, 6.45) is 0.620. The molecular weight excluding hydrogens is 431 g/mol. The van der Waals surface area contributed by atoms with E-state index in [0.29, 0.717) is 23.3 Å². The minimum atomic E-state index is -3.99. The number of carbonyl (C=O) groups is 1. The van der Waals surface area contributed by atoms with Gasteiger partial charge in [0, 0.05) is 11.1 Å². The van der Waals surface area contributed by atoms with Gasteiger partial charge in [0.2, 0.25) is 5.91 Å². The first-order valence-electron chi connectivity index (χ1n) is 10.2. The van der Waals surface area contributed by atoms with Gasteiger partial charge in [-0.1, -0.05) is 37.3 Å². The molecule has 8 heteroatoms. The number of benzene rings is 3. The maximum Gasteiger partial charge on any atom is 0.265 e. The van der Waals surface area contributed by atoms with Crippen LogP contribution in [0.1, 0.15) is 24.9 Å². The van der Waals surface area contributed by atoms with Gasteiger partial charge < -0.3 is 10.1 Å². The maximum absolute atomic E-state index is 14.0. The Morgan fingerprint density at radius 3 is 2.47 bits per heavy atom. The molecule has 1 heterocycles. The van der Waals surface area contributed by atoms with Gasteiger partial charge in [-0.2, -0.15) is 0 Å². The number of anilines is 1. The average Bonchev–Trinajstić information content (AvgIpc) is 2.80. The Bertz CT molecular complexity index is 1260. The summed E-state index contributed by atoms with van der Waals surface area (Å²) in [6.45, 7) is 1.52. The van der Waals surface area contributed by atoms with Crippen molar-refractivity contribution in [3.63, 3.8) is 0 Å². The highest BCUT2D eigenvalue weighted by atomic mass is 32.2. The molecule has 0 bridgehead atoms. The second-order valence-electron chi connectivity index (χ2n) is 7.47. The van der Waals surface area contributed by atoms with E-state index in [1.165, 1.54) is 24.3 Å². The number of carbonyl (C=O) groups excluding carboxylic acids is 1. The lowest BCUT2D eigenvalue weighted by Gasteiger charge is -2.32. The van der Waals surface area contributed by atoms with E-state index in [1.54, 1.807) is 37.4 Å². The van der Waals surface area contributed by atoms with Gasteiger partial charge in [-0.05, 0) is 48.4 Å². The summed E-state index contributed by atoms with van der Waals surface area (Å²) < 4.78 is 46.8. The van der Waals surface area contributed by atoms with E-state index in [-0.39, 0.29) is 16.6 Å². The summed E-state index contributed by atoms with van der Waals surface area (Å²) in [4.78, 5) is 13.0. The number of amides is 1. The fourth-order valence-electron chi connectivity index (χ4n) is 3.90. The zero-order valence-electron chi connectivity index (χ0n) is 17.7. The number of hydrogen-bond acceptors (Lipinski definition) is 4. The number of ether oxygens (including phenoxy) is 1. The van der Waals surface area contributed by atoms with Crippen LogP contribution in [0.2, 0.25) is 0 Å². The molecule has 0 saturated carbocycles. The van der Waals surface area contributed by atoms with Crippen molar-refractivity contribution in [1.82, 2.24) is 5.32 Å². The quantitative estimate of drug-likeness (QED) is 0.603. The van der Waals surface area contributed by atoms with Crippen molar-refractivity contribution < 1.29 is 22.3 Å². The molecule has 0 aromatic heterocycles. The van der Waals surface area contributed by atoms with Crippen LogP contribution in [0.15, 0.2) is 71.6 Å². The van der Waals surface area contributed by atoms with Crippen LogP contribution in [0.3, 0.4) is 0 Å². The largest absolute Gasteiger partial charge is 0.497 e. The van der Waals surface area contributed by atoms with Crippen LogP contribution in [0.5, 0.6) is 5.75 Å². The molecule has 1 aliphatic rings. The molecule has 1 amide bonds. The molecule has 0 radical (unpaired) electrons. The summed E-state index contributed by atoms with van der Waals surface area (Å²) in [6, 6.07) is 17.3. The van der Waals surface area contributed by atoms with Crippen molar-refractivity contribution in [3.8, 4) is 16.9 Å². The average molecular weight is 455 g/mol. The molecule has 0 fully saturated rings. The van der Waals surface area contributed by atoms with E-state index in [0.717, 1.165) is 9.87 Å². The van der Waals surface area contributed by atoms with Gasteiger partial charge >= 0.3 is 0 Å². The number of sulfonamides is 1. The van der Waals surface area contributed by atoms with Crippen LogP contribution in [0.4, 0.5) is 10.1 Å². The molecule has 1 N–H and O–H groups in total. The molecule has 1 aliphatic heterocycles. The first-order valence-corrected chi connectivity index (χ1v) is 11.6. The first kappa shape index (κ1) is 21.8. The maximum atomic E-state index is 14.0. The highest BCUT2D eigenvalue weighted by Crippen LogP contribution is 2.43. The minimum absolute atomic E-state index is 0.0492. The van der Waals surface area contributed by atoms with E-state index in [4.69, 9.17) is 4.74 Å². The zero-order chi connectivity index (χ0) is 22.9. The normalized spacial score (nSPS) is 14.8. The molecule has 0 unspecified atom stereocenters.